The van der Waals surface area contributed by atoms with Gasteiger partial charge in [0.15, 0.2) is 5.84 Å². The van der Waals surface area contributed by atoms with Gasteiger partial charge in [-0.2, -0.15) is 0 Å². The Balaban J connectivity index is 1.13. The molecule has 1 aliphatic heterocycles. The first-order valence-electron chi connectivity index (χ1n) is 17.4. The number of pyridine rings is 1. The molecule has 6 heteroatoms. The molecule has 0 aliphatic carbocycles. The number of furan rings is 2. The molecule has 1 atom stereocenters. The highest BCUT2D eigenvalue weighted by molar-refractivity contribution is 6.19. The fraction of sp³-hybridized carbons (Fsp3) is 0.0217. The van der Waals surface area contributed by atoms with Crippen LogP contribution in [0.2, 0.25) is 0 Å². The summed E-state index contributed by atoms with van der Waals surface area (Å²) < 4.78 is 12.7. The Kier molecular flexibility index (Phi) is 6.21. The predicted molar refractivity (Wildman–Crippen MR) is 211 cm³/mol. The Morgan fingerprint density at radius 1 is 0.500 bits per heavy atom. The normalized spacial score (nSPS) is 14.7. The summed E-state index contributed by atoms with van der Waals surface area (Å²) in [5.41, 5.74) is 9.12. The molecule has 0 spiro atoms. The summed E-state index contributed by atoms with van der Waals surface area (Å²) in [6, 6.07) is 54.2. The van der Waals surface area contributed by atoms with Crippen molar-refractivity contribution in [3.8, 4) is 11.1 Å². The maximum atomic E-state index is 6.40. The Hall–Kier alpha value is -7.05. The van der Waals surface area contributed by atoms with Gasteiger partial charge >= 0.3 is 0 Å². The molecule has 1 N–H and O–H groups in total. The number of hydrogen-bond donors (Lipinski definition) is 1. The molecule has 4 heterocycles. The zero-order valence-electron chi connectivity index (χ0n) is 27.7. The summed E-state index contributed by atoms with van der Waals surface area (Å²) in [5.74, 6) is 1.41. The second kappa shape index (κ2) is 11.2. The fourth-order valence-electron chi connectivity index (χ4n) is 7.75. The van der Waals surface area contributed by atoms with Gasteiger partial charge in [0.05, 0.1) is 5.52 Å². The lowest BCUT2D eigenvalue weighted by Gasteiger charge is -2.25. The maximum Gasteiger partial charge on any atom is 0.227 e. The number of aromatic nitrogens is 1. The third kappa shape index (κ3) is 4.48. The van der Waals surface area contributed by atoms with Crippen molar-refractivity contribution in [2.45, 2.75) is 6.17 Å². The molecule has 0 saturated heterocycles. The van der Waals surface area contributed by atoms with Crippen LogP contribution >= 0.6 is 0 Å². The number of benzene rings is 7. The van der Waals surface area contributed by atoms with Crippen molar-refractivity contribution in [3.63, 3.8) is 0 Å². The van der Waals surface area contributed by atoms with Crippen LogP contribution in [0.15, 0.2) is 177 Å². The Morgan fingerprint density at radius 3 is 2.13 bits per heavy atom. The van der Waals surface area contributed by atoms with E-state index in [2.05, 4.69) is 90.2 Å². The van der Waals surface area contributed by atoms with E-state index in [-0.39, 0.29) is 0 Å². The van der Waals surface area contributed by atoms with Crippen LogP contribution in [0.5, 0.6) is 0 Å². The number of fused-ring (bicyclic) bond motifs is 8. The van der Waals surface area contributed by atoms with E-state index in [1.165, 1.54) is 0 Å². The Morgan fingerprint density at radius 2 is 1.23 bits per heavy atom. The number of nitrogens with one attached hydrogen (secondary N) is 1. The van der Waals surface area contributed by atoms with Crippen LogP contribution in [0.3, 0.4) is 0 Å². The molecular formula is C46H28N4O2. The molecule has 52 heavy (non-hydrogen) atoms. The van der Waals surface area contributed by atoms with E-state index >= 15 is 0 Å². The molecule has 0 saturated carbocycles. The van der Waals surface area contributed by atoms with Gasteiger partial charge in [-0.3, -0.25) is 0 Å². The van der Waals surface area contributed by atoms with Crippen molar-refractivity contribution in [3.05, 3.63) is 174 Å². The number of nitrogens with zero attached hydrogens (tertiary/aromatic N) is 3. The summed E-state index contributed by atoms with van der Waals surface area (Å²) in [6.45, 7) is 0. The Labute approximate surface area is 297 Å². The number of amidine groups is 2. The van der Waals surface area contributed by atoms with Gasteiger partial charge in [0.1, 0.15) is 28.8 Å². The van der Waals surface area contributed by atoms with Gasteiger partial charge in [0, 0.05) is 43.6 Å². The number of para-hydroxylation sites is 2. The van der Waals surface area contributed by atoms with E-state index in [1.54, 1.807) is 0 Å². The molecular weight excluding hydrogens is 641 g/mol. The molecule has 1 aliphatic rings. The minimum Gasteiger partial charge on any atom is -0.456 e. The van der Waals surface area contributed by atoms with Crippen LogP contribution in [-0.4, -0.2) is 16.7 Å². The highest BCUT2D eigenvalue weighted by atomic mass is 16.3. The molecule has 0 fully saturated rings. The molecule has 0 bridgehead atoms. The summed E-state index contributed by atoms with van der Waals surface area (Å²) in [5, 5.41) is 11.2. The first kappa shape index (κ1) is 28.8. The lowest BCUT2D eigenvalue weighted by molar-refractivity contribution is 0.656. The van der Waals surface area contributed by atoms with Gasteiger partial charge in [-0.05, 0) is 64.4 Å². The second-order valence-corrected chi connectivity index (χ2v) is 13.2. The van der Waals surface area contributed by atoms with Gasteiger partial charge in [-0.25, -0.2) is 15.0 Å². The molecule has 11 rings (SSSR count). The van der Waals surface area contributed by atoms with E-state index in [4.69, 9.17) is 23.8 Å². The highest BCUT2D eigenvalue weighted by Crippen LogP contribution is 2.41. The number of aliphatic imine (C=N–C) groups is 2. The van der Waals surface area contributed by atoms with E-state index in [9.17, 15) is 0 Å². The lowest BCUT2D eigenvalue weighted by atomic mass is 9.92. The molecule has 0 radical (unpaired) electrons. The van der Waals surface area contributed by atoms with Gasteiger partial charge in [0.25, 0.3) is 0 Å². The average molecular weight is 669 g/mol. The van der Waals surface area contributed by atoms with Crippen molar-refractivity contribution >= 4 is 77.4 Å². The molecule has 7 aromatic carbocycles. The van der Waals surface area contributed by atoms with Crippen LogP contribution in [0.4, 0.5) is 0 Å². The maximum absolute atomic E-state index is 6.40. The molecule has 244 valence electrons. The average Bonchev–Trinajstić information content (AvgIpc) is 3.78. The minimum atomic E-state index is -0.414. The smallest absolute Gasteiger partial charge is 0.227 e. The van der Waals surface area contributed by atoms with Gasteiger partial charge < -0.3 is 14.2 Å². The quantitative estimate of drug-likeness (QED) is 0.202. The van der Waals surface area contributed by atoms with Gasteiger partial charge in [-0.1, -0.05) is 115 Å². The van der Waals surface area contributed by atoms with E-state index in [0.717, 1.165) is 93.6 Å². The first-order chi connectivity index (χ1) is 25.7. The topological polar surface area (TPSA) is 75.9 Å². The SMILES string of the molecule is c1ccc(C2=NC(c3cccc4oc5ccccc5c34)NC(c3cc(-c4cccc5oc6nc7ccccc7cc6c45)c4ccccc4c3)=N2)cc1. The van der Waals surface area contributed by atoms with Gasteiger partial charge in [-0.15, -0.1) is 0 Å². The summed E-state index contributed by atoms with van der Waals surface area (Å²) in [4.78, 5) is 15.3. The van der Waals surface area contributed by atoms with E-state index < -0.39 is 6.17 Å². The van der Waals surface area contributed by atoms with Crippen molar-refractivity contribution in [1.82, 2.24) is 10.3 Å². The second-order valence-electron chi connectivity index (χ2n) is 13.2. The van der Waals surface area contributed by atoms with Crippen LogP contribution in [0, 0.1) is 0 Å². The molecule has 3 aromatic heterocycles. The molecule has 6 nitrogen and oxygen atoms in total. The van der Waals surface area contributed by atoms with Crippen molar-refractivity contribution in [1.29, 1.82) is 0 Å². The van der Waals surface area contributed by atoms with E-state index in [0.29, 0.717) is 11.5 Å². The van der Waals surface area contributed by atoms with Crippen molar-refractivity contribution in [2.24, 2.45) is 9.98 Å². The third-order valence-electron chi connectivity index (χ3n) is 10.1. The van der Waals surface area contributed by atoms with Crippen molar-refractivity contribution < 1.29 is 8.83 Å². The van der Waals surface area contributed by atoms with Crippen LogP contribution in [-0.2, 0) is 0 Å². The standard InChI is InChI=1S/C46H28N4O2/c1-2-12-27(13-3-1)43-48-44(50-45(49-43)34-19-11-22-39-42(34)33-17-7-9-21-38(33)51-39)30-24-28-14-4-6-16-31(28)35(26-30)32-18-10-23-40-41(32)36-25-29-15-5-8-20-37(29)47-46(36)52-40/h1-26,45H,(H,48,49,50). The molecule has 1 unspecified atom stereocenters. The highest BCUT2D eigenvalue weighted by Gasteiger charge is 2.25. The first-order valence-corrected chi connectivity index (χ1v) is 17.4. The third-order valence-corrected chi connectivity index (χ3v) is 10.1. The number of rotatable bonds is 4. The summed E-state index contributed by atoms with van der Waals surface area (Å²) in [7, 11) is 0. The Bertz CT molecular complexity index is 3120. The predicted octanol–water partition coefficient (Wildman–Crippen LogP) is 11.3. The monoisotopic (exact) mass is 668 g/mol. The molecule has 10 aromatic rings. The minimum absolute atomic E-state index is 0.414. The zero-order chi connectivity index (χ0) is 34.2. The van der Waals surface area contributed by atoms with Crippen LogP contribution < -0.4 is 5.32 Å². The largest absolute Gasteiger partial charge is 0.456 e. The van der Waals surface area contributed by atoms with Gasteiger partial charge in [0.2, 0.25) is 5.71 Å². The van der Waals surface area contributed by atoms with Crippen molar-refractivity contribution in [2.75, 3.05) is 0 Å². The van der Waals surface area contributed by atoms with Crippen LogP contribution in [0.1, 0.15) is 22.9 Å². The lowest BCUT2D eigenvalue weighted by Crippen LogP contribution is -2.33. The zero-order valence-corrected chi connectivity index (χ0v) is 27.7. The fourth-order valence-corrected chi connectivity index (χ4v) is 7.75. The number of hydrogen-bond acceptors (Lipinski definition) is 6. The van der Waals surface area contributed by atoms with Crippen LogP contribution in [0.25, 0.3) is 76.8 Å². The summed E-state index contributed by atoms with van der Waals surface area (Å²) in [6.07, 6.45) is -0.414. The van der Waals surface area contributed by atoms with E-state index in [1.807, 2.05) is 72.8 Å². The summed E-state index contributed by atoms with van der Waals surface area (Å²) >= 11 is 0. The molecule has 0 amide bonds.